The Morgan fingerprint density at radius 3 is 2.39 bits per heavy atom. The topological polar surface area (TPSA) is 43.4 Å². The third-order valence-electron chi connectivity index (χ3n) is 3.25. The molecule has 1 aliphatic carbocycles. The summed E-state index contributed by atoms with van der Waals surface area (Å²) >= 11 is 0. The molecule has 3 nitrogen and oxygen atoms in total. The molecule has 18 heavy (non-hydrogen) atoms. The van der Waals surface area contributed by atoms with Gasteiger partial charge in [0.25, 0.3) is 0 Å². The van der Waals surface area contributed by atoms with Crippen molar-refractivity contribution in [2.45, 2.75) is 44.6 Å². The molecule has 0 radical (unpaired) electrons. The van der Waals surface area contributed by atoms with Gasteiger partial charge in [-0.2, -0.15) is 0 Å². The Kier molecular flexibility index (Phi) is 4.51. The van der Waals surface area contributed by atoms with Crippen molar-refractivity contribution in [3.63, 3.8) is 0 Å². The molecule has 0 aliphatic heterocycles. The maximum absolute atomic E-state index is 11.8. The van der Waals surface area contributed by atoms with Crippen LogP contribution in [0.1, 0.15) is 48.9 Å². The Morgan fingerprint density at radius 1 is 1.06 bits per heavy atom. The predicted octanol–water partition coefficient (Wildman–Crippen LogP) is 3.14. The second kappa shape index (κ2) is 6.34. The third-order valence-corrected chi connectivity index (χ3v) is 3.25. The molecule has 0 aromatic heterocycles. The molecule has 0 unspecified atom stereocenters. The maximum Gasteiger partial charge on any atom is 0.313 e. The zero-order valence-corrected chi connectivity index (χ0v) is 10.4. The van der Waals surface area contributed by atoms with E-state index in [0.717, 1.165) is 25.7 Å². The quantitative estimate of drug-likeness (QED) is 0.465. The number of carbonyl (C=O) groups is 2. The second-order valence-corrected chi connectivity index (χ2v) is 4.72. The number of carbonyl (C=O) groups excluding carboxylic acids is 2. The van der Waals surface area contributed by atoms with Crippen LogP contribution in [0.5, 0.6) is 0 Å². The molecule has 0 atom stereocenters. The monoisotopic (exact) mass is 246 g/mol. The van der Waals surface area contributed by atoms with Crippen LogP contribution in [0, 0.1) is 0 Å². The number of ether oxygens (including phenoxy) is 1. The van der Waals surface area contributed by atoms with E-state index in [0.29, 0.717) is 5.56 Å². The van der Waals surface area contributed by atoms with E-state index in [-0.39, 0.29) is 18.3 Å². The average molecular weight is 246 g/mol. The first-order valence-electron chi connectivity index (χ1n) is 6.53. The van der Waals surface area contributed by atoms with Gasteiger partial charge in [0.1, 0.15) is 12.5 Å². The van der Waals surface area contributed by atoms with E-state index in [1.165, 1.54) is 6.42 Å². The molecule has 1 fully saturated rings. The van der Waals surface area contributed by atoms with Crippen LogP contribution in [-0.2, 0) is 9.53 Å². The minimum absolute atomic E-state index is 0.0230. The third kappa shape index (κ3) is 3.69. The summed E-state index contributed by atoms with van der Waals surface area (Å²) in [6.45, 7) is 0. The van der Waals surface area contributed by atoms with Gasteiger partial charge >= 0.3 is 5.97 Å². The van der Waals surface area contributed by atoms with Crippen molar-refractivity contribution in [1.29, 1.82) is 0 Å². The zero-order valence-electron chi connectivity index (χ0n) is 10.4. The van der Waals surface area contributed by atoms with Gasteiger partial charge in [0.05, 0.1) is 0 Å². The molecule has 1 aromatic rings. The van der Waals surface area contributed by atoms with Gasteiger partial charge in [-0.1, -0.05) is 36.8 Å². The van der Waals surface area contributed by atoms with Crippen molar-refractivity contribution in [3.05, 3.63) is 35.9 Å². The van der Waals surface area contributed by atoms with Gasteiger partial charge in [-0.15, -0.1) is 0 Å². The Hall–Kier alpha value is -1.64. The summed E-state index contributed by atoms with van der Waals surface area (Å²) in [5, 5.41) is 0. The van der Waals surface area contributed by atoms with Crippen LogP contribution < -0.4 is 0 Å². The fraction of sp³-hybridized carbons (Fsp3) is 0.467. The van der Waals surface area contributed by atoms with Crippen LogP contribution in [0.25, 0.3) is 0 Å². The first kappa shape index (κ1) is 12.8. The van der Waals surface area contributed by atoms with Crippen LogP contribution in [-0.4, -0.2) is 17.9 Å². The van der Waals surface area contributed by atoms with Crippen molar-refractivity contribution in [2.24, 2.45) is 0 Å². The minimum atomic E-state index is -0.393. The Balaban J connectivity index is 1.82. The van der Waals surface area contributed by atoms with Gasteiger partial charge < -0.3 is 4.74 Å². The number of hydrogen-bond acceptors (Lipinski definition) is 3. The van der Waals surface area contributed by atoms with Crippen molar-refractivity contribution in [2.75, 3.05) is 0 Å². The van der Waals surface area contributed by atoms with E-state index in [1.54, 1.807) is 24.3 Å². The lowest BCUT2D eigenvalue weighted by Crippen LogP contribution is -2.22. The molecule has 1 aliphatic rings. The van der Waals surface area contributed by atoms with E-state index in [1.807, 2.05) is 6.07 Å². The largest absolute Gasteiger partial charge is 0.462 e. The molecule has 0 N–H and O–H groups in total. The number of Topliss-reactive ketones (excluding diaryl/α,β-unsaturated/α-hetero) is 1. The highest BCUT2D eigenvalue weighted by Gasteiger charge is 2.19. The highest BCUT2D eigenvalue weighted by atomic mass is 16.5. The lowest BCUT2D eigenvalue weighted by molar-refractivity contribution is -0.149. The van der Waals surface area contributed by atoms with Crippen LogP contribution in [0.15, 0.2) is 30.3 Å². The van der Waals surface area contributed by atoms with Crippen LogP contribution in [0.3, 0.4) is 0 Å². The molecule has 0 spiro atoms. The normalized spacial score (nSPS) is 16.2. The summed E-state index contributed by atoms with van der Waals surface area (Å²) in [5.74, 6) is -0.563. The molecular weight excluding hydrogens is 228 g/mol. The Labute approximate surface area is 107 Å². The van der Waals surface area contributed by atoms with E-state index >= 15 is 0 Å². The lowest BCUT2D eigenvalue weighted by Gasteiger charge is -2.21. The van der Waals surface area contributed by atoms with Crippen LogP contribution in [0.4, 0.5) is 0 Å². The van der Waals surface area contributed by atoms with E-state index in [4.69, 9.17) is 4.74 Å². The van der Waals surface area contributed by atoms with Gasteiger partial charge in [-0.05, 0) is 25.7 Å². The lowest BCUT2D eigenvalue weighted by atomic mass is 9.98. The molecule has 0 saturated heterocycles. The summed E-state index contributed by atoms with van der Waals surface area (Å²) in [4.78, 5) is 23.4. The van der Waals surface area contributed by atoms with Gasteiger partial charge in [0, 0.05) is 5.56 Å². The molecule has 1 saturated carbocycles. The standard InChI is InChI=1S/C15H18O3/c16-14(12-7-3-1-4-8-12)11-15(17)18-13-9-5-2-6-10-13/h1,3-4,7-8,13H,2,5-6,9-11H2. The summed E-state index contributed by atoms with van der Waals surface area (Å²) in [6, 6.07) is 8.86. The fourth-order valence-corrected chi connectivity index (χ4v) is 2.27. The number of hydrogen-bond donors (Lipinski definition) is 0. The molecule has 1 aromatic carbocycles. The number of benzene rings is 1. The zero-order chi connectivity index (χ0) is 12.8. The number of ketones is 1. The Morgan fingerprint density at radius 2 is 1.72 bits per heavy atom. The molecular formula is C15H18O3. The van der Waals surface area contributed by atoms with Crippen molar-refractivity contribution >= 4 is 11.8 Å². The highest BCUT2D eigenvalue weighted by Crippen LogP contribution is 2.20. The summed E-state index contributed by atoms with van der Waals surface area (Å²) in [6.07, 6.45) is 5.19. The van der Waals surface area contributed by atoms with Gasteiger partial charge in [-0.25, -0.2) is 0 Å². The molecule has 0 amide bonds. The SMILES string of the molecule is O=C(CC(=O)c1ccccc1)OC1CCCCC1. The Bertz CT molecular complexity index is 405. The number of esters is 1. The molecule has 0 bridgehead atoms. The minimum Gasteiger partial charge on any atom is -0.462 e. The molecule has 96 valence electrons. The first-order chi connectivity index (χ1) is 8.75. The second-order valence-electron chi connectivity index (χ2n) is 4.72. The van der Waals surface area contributed by atoms with E-state index in [9.17, 15) is 9.59 Å². The fourth-order valence-electron chi connectivity index (χ4n) is 2.27. The van der Waals surface area contributed by atoms with E-state index < -0.39 is 5.97 Å². The van der Waals surface area contributed by atoms with Crippen molar-refractivity contribution < 1.29 is 14.3 Å². The van der Waals surface area contributed by atoms with Crippen molar-refractivity contribution in [1.82, 2.24) is 0 Å². The van der Waals surface area contributed by atoms with Gasteiger partial charge in [0.2, 0.25) is 0 Å². The maximum atomic E-state index is 11.8. The summed E-state index contributed by atoms with van der Waals surface area (Å²) in [5.41, 5.74) is 0.568. The van der Waals surface area contributed by atoms with Gasteiger partial charge in [0.15, 0.2) is 5.78 Å². The smallest absolute Gasteiger partial charge is 0.313 e. The van der Waals surface area contributed by atoms with Crippen LogP contribution >= 0.6 is 0 Å². The van der Waals surface area contributed by atoms with Crippen molar-refractivity contribution in [3.8, 4) is 0 Å². The highest BCUT2D eigenvalue weighted by molar-refractivity contribution is 6.05. The average Bonchev–Trinajstić information content (AvgIpc) is 2.40. The van der Waals surface area contributed by atoms with Crippen LogP contribution in [0.2, 0.25) is 0 Å². The number of rotatable bonds is 4. The molecule has 0 heterocycles. The first-order valence-corrected chi connectivity index (χ1v) is 6.53. The van der Waals surface area contributed by atoms with Gasteiger partial charge in [-0.3, -0.25) is 9.59 Å². The molecule has 2 rings (SSSR count). The summed E-state index contributed by atoms with van der Waals surface area (Å²) < 4.78 is 5.32. The predicted molar refractivity (Wildman–Crippen MR) is 68.4 cm³/mol. The molecule has 3 heteroatoms. The summed E-state index contributed by atoms with van der Waals surface area (Å²) in [7, 11) is 0. The van der Waals surface area contributed by atoms with E-state index in [2.05, 4.69) is 0 Å².